The van der Waals surface area contributed by atoms with Gasteiger partial charge in [-0.25, -0.2) is 9.69 Å². The van der Waals surface area contributed by atoms with Crippen LogP contribution in [0.2, 0.25) is 5.02 Å². The van der Waals surface area contributed by atoms with Crippen molar-refractivity contribution in [2.75, 3.05) is 19.1 Å². The number of hydrogen-bond donors (Lipinski definition) is 1. The first-order valence-corrected chi connectivity index (χ1v) is 9.13. The molecule has 0 unspecified atom stereocenters. The first-order valence-electron chi connectivity index (χ1n) is 8.76. The van der Waals surface area contributed by atoms with E-state index >= 15 is 0 Å². The summed E-state index contributed by atoms with van der Waals surface area (Å²) in [5.74, 6) is -1.70. The highest BCUT2D eigenvalue weighted by Gasteiger charge is 2.37. The molecule has 160 valence electrons. The molecule has 11 heteroatoms. The third-order valence-corrected chi connectivity index (χ3v) is 4.95. The summed E-state index contributed by atoms with van der Waals surface area (Å²) >= 11 is 6.09. The van der Waals surface area contributed by atoms with E-state index in [1.807, 2.05) is 0 Å². The number of carbonyl (C=O) groups is 3. The maximum Gasteiger partial charge on any atom is 0.335 e. The van der Waals surface area contributed by atoms with Gasteiger partial charge in [-0.2, -0.15) is 0 Å². The first kappa shape index (κ1) is 21.8. The van der Waals surface area contributed by atoms with Crippen LogP contribution in [-0.2, 0) is 9.59 Å². The summed E-state index contributed by atoms with van der Waals surface area (Å²) < 4.78 is 10.2. The maximum absolute atomic E-state index is 13.0. The predicted molar refractivity (Wildman–Crippen MR) is 111 cm³/mol. The lowest BCUT2D eigenvalue weighted by molar-refractivity contribution is -0.385. The van der Waals surface area contributed by atoms with Gasteiger partial charge in [-0.1, -0.05) is 17.7 Å². The average molecular weight is 446 g/mol. The van der Waals surface area contributed by atoms with Crippen molar-refractivity contribution in [1.29, 1.82) is 0 Å². The van der Waals surface area contributed by atoms with Gasteiger partial charge in [0.1, 0.15) is 5.57 Å². The van der Waals surface area contributed by atoms with E-state index in [4.69, 9.17) is 21.1 Å². The zero-order valence-corrected chi connectivity index (χ0v) is 17.4. The molecule has 2 aromatic rings. The van der Waals surface area contributed by atoms with Crippen LogP contribution in [0.5, 0.6) is 11.5 Å². The van der Waals surface area contributed by atoms with Gasteiger partial charge in [0.25, 0.3) is 17.5 Å². The molecule has 4 amide bonds. The van der Waals surface area contributed by atoms with Gasteiger partial charge in [0.15, 0.2) is 11.5 Å². The molecule has 0 spiro atoms. The Morgan fingerprint density at radius 1 is 1.10 bits per heavy atom. The van der Waals surface area contributed by atoms with Crippen molar-refractivity contribution in [3.8, 4) is 11.5 Å². The number of nitro benzene ring substituents is 1. The number of barbiturate groups is 1. The lowest BCUT2D eigenvalue weighted by atomic mass is 10.0. The molecule has 0 aliphatic carbocycles. The minimum atomic E-state index is -0.992. The fourth-order valence-corrected chi connectivity index (χ4v) is 3.10. The molecule has 1 fully saturated rings. The van der Waals surface area contributed by atoms with Crippen molar-refractivity contribution in [3.63, 3.8) is 0 Å². The van der Waals surface area contributed by atoms with Gasteiger partial charge >= 0.3 is 6.03 Å². The van der Waals surface area contributed by atoms with Gasteiger partial charge in [0.05, 0.1) is 36.5 Å². The van der Waals surface area contributed by atoms with Crippen LogP contribution >= 0.6 is 11.6 Å². The number of hydrogen-bond acceptors (Lipinski definition) is 7. The third kappa shape index (κ3) is 4.05. The molecule has 31 heavy (non-hydrogen) atoms. The number of amides is 4. The molecule has 0 atom stereocenters. The highest BCUT2D eigenvalue weighted by molar-refractivity contribution is 6.39. The molecule has 1 heterocycles. The van der Waals surface area contributed by atoms with E-state index < -0.39 is 34.0 Å². The Bertz CT molecular complexity index is 1160. The standard InChI is InChI=1S/C20H16ClN3O7/c1-10-4-5-12(8-14(10)21)23-19(26)13(18(25)22-20(23)27)6-11-7-16(30-2)17(31-3)9-15(11)24(28)29/h4-9H,1-3H3,(H,22,25,27)/b13-6-. The quantitative estimate of drug-likeness (QED) is 0.324. The fraction of sp³-hybridized carbons (Fsp3) is 0.150. The van der Waals surface area contributed by atoms with E-state index in [1.165, 1.54) is 32.4 Å². The fourth-order valence-electron chi connectivity index (χ4n) is 2.93. The van der Waals surface area contributed by atoms with Crippen LogP contribution < -0.4 is 19.7 Å². The number of carbonyl (C=O) groups excluding carboxylic acids is 3. The Hall–Kier alpha value is -3.92. The lowest BCUT2D eigenvalue weighted by Gasteiger charge is -2.26. The average Bonchev–Trinajstić information content (AvgIpc) is 2.72. The number of urea groups is 1. The molecule has 0 bridgehead atoms. The summed E-state index contributed by atoms with van der Waals surface area (Å²) in [4.78, 5) is 49.3. The Kier molecular flexibility index (Phi) is 5.93. The number of ether oxygens (including phenoxy) is 2. The second kappa shape index (κ2) is 8.44. The Morgan fingerprint density at radius 3 is 2.32 bits per heavy atom. The largest absolute Gasteiger partial charge is 0.493 e. The van der Waals surface area contributed by atoms with Crippen LogP contribution in [0.1, 0.15) is 11.1 Å². The number of anilines is 1. The van der Waals surface area contributed by atoms with Gasteiger partial charge in [-0.3, -0.25) is 25.0 Å². The number of nitro groups is 1. The summed E-state index contributed by atoms with van der Waals surface area (Å²) in [7, 11) is 2.65. The van der Waals surface area contributed by atoms with Crippen LogP contribution in [0.4, 0.5) is 16.2 Å². The summed E-state index contributed by atoms with van der Waals surface area (Å²) in [6.45, 7) is 1.75. The second-order valence-electron chi connectivity index (χ2n) is 6.41. The van der Waals surface area contributed by atoms with Gasteiger partial charge in [-0.15, -0.1) is 0 Å². The van der Waals surface area contributed by atoms with Gasteiger partial charge in [0.2, 0.25) is 0 Å². The number of aryl methyl sites for hydroxylation is 1. The smallest absolute Gasteiger partial charge is 0.335 e. The SMILES string of the molecule is COc1cc(/C=C2/C(=O)NC(=O)N(c3ccc(C)c(Cl)c3)C2=O)c([N+](=O)[O-])cc1OC. The highest BCUT2D eigenvalue weighted by atomic mass is 35.5. The van der Waals surface area contributed by atoms with Crippen LogP contribution in [0.25, 0.3) is 6.08 Å². The number of benzene rings is 2. The topological polar surface area (TPSA) is 128 Å². The summed E-state index contributed by atoms with van der Waals surface area (Å²) in [6.07, 6.45) is 1.02. The molecule has 10 nitrogen and oxygen atoms in total. The zero-order chi connectivity index (χ0) is 22.9. The van der Waals surface area contributed by atoms with Crippen LogP contribution in [0.3, 0.4) is 0 Å². The molecule has 0 radical (unpaired) electrons. The van der Waals surface area contributed by atoms with E-state index in [2.05, 4.69) is 5.32 Å². The number of halogens is 1. The van der Waals surface area contributed by atoms with E-state index in [0.29, 0.717) is 5.02 Å². The van der Waals surface area contributed by atoms with Crippen molar-refractivity contribution < 1.29 is 28.8 Å². The minimum Gasteiger partial charge on any atom is -0.493 e. The Morgan fingerprint density at radius 2 is 1.74 bits per heavy atom. The minimum absolute atomic E-state index is 0.0858. The van der Waals surface area contributed by atoms with Crippen molar-refractivity contribution in [2.45, 2.75) is 6.92 Å². The first-order chi connectivity index (χ1) is 14.7. The monoisotopic (exact) mass is 445 g/mol. The maximum atomic E-state index is 13.0. The summed E-state index contributed by atoms with van der Waals surface area (Å²) in [5.41, 5.74) is -0.127. The van der Waals surface area contributed by atoms with Gasteiger partial charge in [-0.05, 0) is 36.8 Å². The molecular formula is C20H16ClN3O7. The number of imide groups is 2. The molecule has 1 aliphatic heterocycles. The predicted octanol–water partition coefficient (Wildman–Crippen LogP) is 3.24. The molecule has 1 aliphatic rings. The number of nitrogens with zero attached hydrogens (tertiary/aromatic N) is 2. The van der Waals surface area contributed by atoms with Crippen LogP contribution in [-0.4, -0.2) is 37.0 Å². The summed E-state index contributed by atoms with van der Waals surface area (Å²) in [6, 6.07) is 5.91. The Labute approximate surface area is 181 Å². The van der Waals surface area contributed by atoms with E-state index in [1.54, 1.807) is 13.0 Å². The van der Waals surface area contributed by atoms with E-state index in [0.717, 1.165) is 22.6 Å². The summed E-state index contributed by atoms with van der Waals surface area (Å²) in [5, 5.41) is 13.9. The van der Waals surface area contributed by atoms with E-state index in [9.17, 15) is 24.5 Å². The number of methoxy groups -OCH3 is 2. The highest BCUT2D eigenvalue weighted by Crippen LogP contribution is 2.36. The number of nitrogens with one attached hydrogen (secondary N) is 1. The van der Waals surface area contributed by atoms with Crippen molar-refractivity contribution in [3.05, 3.63) is 62.2 Å². The molecular weight excluding hydrogens is 430 g/mol. The van der Waals surface area contributed by atoms with Crippen LogP contribution in [0.15, 0.2) is 35.9 Å². The number of rotatable bonds is 5. The molecule has 0 aromatic heterocycles. The van der Waals surface area contributed by atoms with Gasteiger partial charge in [0, 0.05) is 5.02 Å². The second-order valence-corrected chi connectivity index (χ2v) is 6.82. The molecule has 0 saturated carbocycles. The molecule has 1 saturated heterocycles. The molecule has 1 N–H and O–H groups in total. The normalized spacial score (nSPS) is 15.2. The molecule has 3 rings (SSSR count). The van der Waals surface area contributed by atoms with E-state index in [-0.39, 0.29) is 22.7 Å². The third-order valence-electron chi connectivity index (χ3n) is 4.54. The van der Waals surface area contributed by atoms with Gasteiger partial charge < -0.3 is 9.47 Å². The van der Waals surface area contributed by atoms with Crippen molar-refractivity contribution >= 4 is 46.9 Å². The van der Waals surface area contributed by atoms with Crippen molar-refractivity contribution in [2.24, 2.45) is 0 Å². The molecule has 2 aromatic carbocycles. The Balaban J connectivity index is 2.14. The zero-order valence-electron chi connectivity index (χ0n) is 16.6. The van der Waals surface area contributed by atoms with Crippen LogP contribution in [0, 0.1) is 17.0 Å². The van der Waals surface area contributed by atoms with Crippen molar-refractivity contribution in [1.82, 2.24) is 5.32 Å². The lowest BCUT2D eigenvalue weighted by Crippen LogP contribution is -2.54.